The van der Waals surface area contributed by atoms with Gasteiger partial charge in [0.15, 0.2) is 0 Å². The largest absolute Gasteiger partial charge is 0.497 e. The first-order chi connectivity index (χ1) is 27.0. The minimum absolute atomic E-state index is 0.0622. The average Bonchev–Trinajstić information content (AvgIpc) is 3.22. The van der Waals surface area contributed by atoms with Gasteiger partial charge in [-0.25, -0.2) is 0 Å². The molecular weight excluding hydrogens is 720 g/mol. The zero-order valence-corrected chi connectivity index (χ0v) is 31.8. The molecule has 56 heavy (non-hydrogen) atoms. The highest BCUT2D eigenvalue weighted by Crippen LogP contribution is 2.29. The summed E-state index contributed by atoms with van der Waals surface area (Å²) in [6, 6.07) is 29.2. The molecular formula is C44H48F3N5O4. The molecule has 0 aliphatic carbocycles. The number of hydrogen-bond donors (Lipinski definition) is 0. The van der Waals surface area contributed by atoms with Crippen molar-refractivity contribution in [2.45, 2.75) is 38.7 Å². The highest BCUT2D eigenvalue weighted by molar-refractivity contribution is 5.96. The molecule has 1 atom stereocenters. The first-order valence-corrected chi connectivity index (χ1v) is 18.9. The number of hydrogen-bond acceptors (Lipinski definition) is 6. The van der Waals surface area contributed by atoms with Crippen LogP contribution in [0.25, 0.3) is 6.08 Å². The van der Waals surface area contributed by atoms with Gasteiger partial charge in [0.05, 0.1) is 12.7 Å². The SMILES string of the molecule is COc1ccc(CN2CCN(C(=O)[C@H](Cc3ccccc3)N(Cc3ccc(N4CCN(C(C)=O)CC4)cc3)C(=O)/C=C/c3ccc(C(F)(F)F)cc3)CC2)cc1. The fourth-order valence-corrected chi connectivity index (χ4v) is 7.17. The molecule has 4 aromatic carbocycles. The number of carbonyl (C=O) groups excluding carboxylic acids is 3. The Bertz CT molecular complexity index is 1940. The van der Waals surface area contributed by atoms with Crippen LogP contribution < -0.4 is 9.64 Å². The van der Waals surface area contributed by atoms with Crippen molar-refractivity contribution >= 4 is 29.5 Å². The van der Waals surface area contributed by atoms with Gasteiger partial charge in [-0.05, 0) is 64.7 Å². The van der Waals surface area contributed by atoms with Crippen LogP contribution in [0.3, 0.4) is 0 Å². The van der Waals surface area contributed by atoms with Gasteiger partial charge in [-0.3, -0.25) is 19.3 Å². The van der Waals surface area contributed by atoms with Crippen molar-refractivity contribution in [2.75, 3.05) is 64.4 Å². The van der Waals surface area contributed by atoms with Crippen LogP contribution >= 0.6 is 0 Å². The summed E-state index contributed by atoms with van der Waals surface area (Å²) in [6.45, 7) is 7.47. The first-order valence-electron chi connectivity index (χ1n) is 18.9. The van der Waals surface area contributed by atoms with E-state index in [0.29, 0.717) is 57.9 Å². The number of ether oxygens (including phenoxy) is 1. The van der Waals surface area contributed by atoms with Crippen LogP contribution in [0, 0.1) is 0 Å². The van der Waals surface area contributed by atoms with Gasteiger partial charge in [-0.2, -0.15) is 13.2 Å². The Labute approximate surface area is 326 Å². The number of alkyl halides is 3. The van der Waals surface area contributed by atoms with E-state index in [1.54, 1.807) is 18.9 Å². The van der Waals surface area contributed by atoms with Crippen molar-refractivity contribution in [2.24, 2.45) is 0 Å². The molecule has 0 unspecified atom stereocenters. The monoisotopic (exact) mass is 767 g/mol. The summed E-state index contributed by atoms with van der Waals surface area (Å²) >= 11 is 0. The molecule has 0 spiro atoms. The fourth-order valence-electron chi connectivity index (χ4n) is 7.17. The third-order valence-corrected chi connectivity index (χ3v) is 10.5. The molecule has 0 aromatic heterocycles. The molecule has 9 nitrogen and oxygen atoms in total. The predicted octanol–water partition coefficient (Wildman–Crippen LogP) is 6.38. The van der Waals surface area contributed by atoms with Crippen molar-refractivity contribution in [3.05, 3.63) is 137 Å². The fraction of sp³-hybridized carbons (Fsp3) is 0.341. The third kappa shape index (κ3) is 10.6. The Morgan fingerprint density at radius 3 is 1.93 bits per heavy atom. The zero-order chi connectivity index (χ0) is 39.7. The van der Waals surface area contributed by atoms with Crippen molar-refractivity contribution in [1.29, 1.82) is 0 Å². The molecule has 0 radical (unpaired) electrons. The molecule has 2 saturated heterocycles. The van der Waals surface area contributed by atoms with Crippen molar-refractivity contribution in [3.63, 3.8) is 0 Å². The van der Waals surface area contributed by atoms with Crippen molar-refractivity contribution in [3.8, 4) is 5.75 Å². The molecule has 12 heteroatoms. The summed E-state index contributed by atoms with van der Waals surface area (Å²) in [5.74, 6) is 0.269. The molecule has 0 bridgehead atoms. The number of rotatable bonds is 12. The molecule has 6 rings (SSSR count). The molecule has 294 valence electrons. The second kappa shape index (κ2) is 18.3. The number of amides is 3. The predicted molar refractivity (Wildman–Crippen MR) is 211 cm³/mol. The normalized spacial score (nSPS) is 15.8. The molecule has 0 saturated carbocycles. The van der Waals surface area contributed by atoms with E-state index >= 15 is 0 Å². The summed E-state index contributed by atoms with van der Waals surface area (Å²) in [5.41, 5.74) is 3.52. The second-order valence-corrected chi connectivity index (χ2v) is 14.2. The highest BCUT2D eigenvalue weighted by Gasteiger charge is 2.34. The van der Waals surface area contributed by atoms with Crippen LogP contribution in [0.15, 0.2) is 109 Å². The summed E-state index contributed by atoms with van der Waals surface area (Å²) in [5, 5.41) is 0. The van der Waals surface area contributed by atoms with Crippen molar-refractivity contribution < 1.29 is 32.3 Å². The molecule has 2 aliphatic rings. The maximum absolute atomic E-state index is 14.6. The van der Waals surface area contributed by atoms with Gasteiger partial charge >= 0.3 is 6.18 Å². The Morgan fingerprint density at radius 1 is 0.732 bits per heavy atom. The average molecular weight is 768 g/mol. The summed E-state index contributed by atoms with van der Waals surface area (Å²) in [6.07, 6.45) is -1.37. The topological polar surface area (TPSA) is 76.6 Å². The van der Waals surface area contributed by atoms with E-state index in [9.17, 15) is 27.6 Å². The molecule has 2 fully saturated rings. The van der Waals surface area contributed by atoms with Crippen LogP contribution in [0.5, 0.6) is 5.75 Å². The van der Waals surface area contributed by atoms with Gasteiger partial charge in [-0.1, -0.05) is 66.7 Å². The number of benzene rings is 4. The molecule has 0 N–H and O–H groups in total. The third-order valence-electron chi connectivity index (χ3n) is 10.5. The Morgan fingerprint density at radius 2 is 1.34 bits per heavy atom. The van der Waals surface area contributed by atoms with Crippen LogP contribution in [0.1, 0.15) is 34.7 Å². The number of halogens is 3. The van der Waals surface area contributed by atoms with Crippen LogP contribution in [0.4, 0.5) is 18.9 Å². The lowest BCUT2D eigenvalue weighted by Crippen LogP contribution is -2.56. The number of piperazine rings is 2. The first kappa shape index (κ1) is 40.1. The van der Waals surface area contributed by atoms with Gasteiger partial charge in [0.25, 0.3) is 0 Å². The minimum atomic E-state index is -4.47. The number of nitrogens with zero attached hydrogens (tertiary/aromatic N) is 5. The molecule has 2 heterocycles. The van der Waals surface area contributed by atoms with Gasteiger partial charge in [-0.15, -0.1) is 0 Å². The van der Waals surface area contributed by atoms with Gasteiger partial charge in [0.2, 0.25) is 17.7 Å². The van der Waals surface area contributed by atoms with Gasteiger partial charge in [0.1, 0.15) is 11.8 Å². The standard InChI is InChI=1S/C44H48F3N5O4/c1-33(53)49-26-28-50(29-27-49)39-17-10-37(11-18-39)32-52(42(54)21-14-34-8-15-38(16-9-34)44(45,46)47)41(30-35-6-4-3-5-7-35)43(55)51-24-22-48(23-25-51)31-36-12-19-40(56-2)20-13-36/h3-21,41H,22-32H2,1-2H3/b21-14+/t41-/m0/s1. The maximum Gasteiger partial charge on any atom is 0.416 e. The Hall–Kier alpha value is -5.62. The molecule has 4 aromatic rings. The van der Waals surface area contributed by atoms with Crippen LogP contribution in [0.2, 0.25) is 0 Å². The highest BCUT2D eigenvalue weighted by atomic mass is 19.4. The quantitative estimate of drug-likeness (QED) is 0.156. The lowest BCUT2D eigenvalue weighted by molar-refractivity contribution is -0.145. The molecule has 2 aliphatic heterocycles. The summed E-state index contributed by atoms with van der Waals surface area (Å²) in [7, 11) is 1.64. The summed E-state index contributed by atoms with van der Waals surface area (Å²) < 4.78 is 45.0. The van der Waals surface area contributed by atoms with Crippen LogP contribution in [-0.4, -0.2) is 103 Å². The lowest BCUT2D eigenvalue weighted by atomic mass is 10.0. The number of anilines is 1. The zero-order valence-electron chi connectivity index (χ0n) is 31.8. The minimum Gasteiger partial charge on any atom is -0.497 e. The van der Waals surface area contributed by atoms with E-state index in [1.165, 1.54) is 24.3 Å². The summed E-state index contributed by atoms with van der Waals surface area (Å²) in [4.78, 5) is 50.6. The van der Waals surface area contributed by atoms with E-state index < -0.39 is 23.7 Å². The van der Waals surface area contributed by atoms with Crippen molar-refractivity contribution in [1.82, 2.24) is 19.6 Å². The lowest BCUT2D eigenvalue weighted by Gasteiger charge is -2.39. The number of methoxy groups -OCH3 is 1. The number of carbonyl (C=O) groups is 3. The van der Waals surface area contributed by atoms with E-state index in [4.69, 9.17) is 4.74 Å². The van der Waals surface area contributed by atoms with Gasteiger partial charge < -0.3 is 24.3 Å². The smallest absolute Gasteiger partial charge is 0.416 e. The van der Waals surface area contributed by atoms with E-state index in [2.05, 4.69) is 9.80 Å². The maximum atomic E-state index is 14.6. The Kier molecular flexibility index (Phi) is 13.1. The molecule has 3 amide bonds. The van der Waals surface area contributed by atoms with E-state index in [1.807, 2.05) is 88.7 Å². The Balaban J connectivity index is 1.24. The second-order valence-electron chi connectivity index (χ2n) is 14.2. The van der Waals surface area contributed by atoms with E-state index in [0.717, 1.165) is 46.8 Å². The van der Waals surface area contributed by atoms with Gasteiger partial charge in [0, 0.05) is 90.6 Å². The van der Waals surface area contributed by atoms with Crippen LogP contribution in [-0.2, 0) is 40.1 Å². The van der Waals surface area contributed by atoms with E-state index in [-0.39, 0.29) is 24.8 Å².